The van der Waals surface area contributed by atoms with Crippen LogP contribution in [0.5, 0.6) is 5.75 Å². The van der Waals surface area contributed by atoms with Crippen molar-refractivity contribution in [1.82, 2.24) is 0 Å². The number of hydrogen-bond donors (Lipinski definition) is 0. The van der Waals surface area contributed by atoms with Crippen molar-refractivity contribution in [3.05, 3.63) is 45.6 Å². The van der Waals surface area contributed by atoms with Crippen LogP contribution >= 0.6 is 0 Å². The number of esters is 1. The second kappa shape index (κ2) is 6.39. The fourth-order valence-electron chi connectivity index (χ4n) is 1.32. The van der Waals surface area contributed by atoms with Crippen LogP contribution in [0.3, 0.4) is 0 Å². The Morgan fingerprint density at radius 2 is 2.11 bits per heavy atom. The third-order valence-corrected chi connectivity index (χ3v) is 2.11. The Bertz CT molecular complexity index is 481. The number of ether oxygens (including phenoxy) is 2. The number of para-hydroxylation sites is 1. The number of benzene rings is 1. The molecule has 0 aliphatic heterocycles. The van der Waals surface area contributed by atoms with E-state index in [1.807, 2.05) is 0 Å². The van der Waals surface area contributed by atoms with Crippen molar-refractivity contribution >= 4 is 12.0 Å². The summed E-state index contributed by atoms with van der Waals surface area (Å²) in [6.07, 6.45) is 1.14. The molecule has 6 nitrogen and oxygen atoms in total. The SMILES string of the molecule is CCOC(=O)C(=Cc1ccccc1OC)[N+](=O)[O-]. The van der Waals surface area contributed by atoms with E-state index < -0.39 is 16.6 Å². The highest BCUT2D eigenvalue weighted by Crippen LogP contribution is 2.20. The third-order valence-electron chi connectivity index (χ3n) is 2.11. The lowest BCUT2D eigenvalue weighted by atomic mass is 10.1. The van der Waals surface area contributed by atoms with Gasteiger partial charge in [-0.1, -0.05) is 18.2 Å². The van der Waals surface area contributed by atoms with Crippen LogP contribution in [0.15, 0.2) is 30.0 Å². The van der Waals surface area contributed by atoms with Crippen LogP contribution in [-0.2, 0) is 9.53 Å². The molecule has 1 aromatic carbocycles. The fourth-order valence-corrected chi connectivity index (χ4v) is 1.32. The fraction of sp³-hybridized carbons (Fsp3) is 0.250. The van der Waals surface area contributed by atoms with E-state index >= 15 is 0 Å². The molecule has 0 atom stereocenters. The highest BCUT2D eigenvalue weighted by molar-refractivity contribution is 5.91. The number of carbonyl (C=O) groups excluding carboxylic acids is 1. The van der Waals surface area contributed by atoms with Crippen LogP contribution in [-0.4, -0.2) is 24.6 Å². The number of nitro groups is 1. The van der Waals surface area contributed by atoms with Crippen LogP contribution in [0.25, 0.3) is 6.08 Å². The first kappa shape index (κ1) is 13.7. The van der Waals surface area contributed by atoms with E-state index in [0.717, 1.165) is 6.08 Å². The Morgan fingerprint density at radius 3 is 2.67 bits per heavy atom. The molecule has 0 aliphatic carbocycles. The molecule has 0 N–H and O–H groups in total. The molecule has 6 heteroatoms. The minimum atomic E-state index is -0.964. The topological polar surface area (TPSA) is 78.7 Å². The van der Waals surface area contributed by atoms with E-state index in [-0.39, 0.29) is 6.61 Å². The summed E-state index contributed by atoms with van der Waals surface area (Å²) in [6.45, 7) is 1.66. The summed E-state index contributed by atoms with van der Waals surface area (Å²) in [5.41, 5.74) is -0.180. The molecular weight excluding hydrogens is 238 g/mol. The molecule has 0 saturated heterocycles. The number of rotatable bonds is 5. The summed E-state index contributed by atoms with van der Waals surface area (Å²) < 4.78 is 9.67. The lowest BCUT2D eigenvalue weighted by Gasteiger charge is -2.04. The van der Waals surface area contributed by atoms with Crippen molar-refractivity contribution in [2.24, 2.45) is 0 Å². The normalized spacial score (nSPS) is 10.9. The second-order valence-electron chi connectivity index (χ2n) is 3.25. The van der Waals surface area contributed by atoms with Gasteiger partial charge in [-0.25, -0.2) is 4.79 Å². The van der Waals surface area contributed by atoms with Gasteiger partial charge in [0, 0.05) is 11.6 Å². The van der Waals surface area contributed by atoms with Gasteiger partial charge in [0.25, 0.3) is 0 Å². The van der Waals surface area contributed by atoms with Gasteiger partial charge in [0.05, 0.1) is 18.6 Å². The molecule has 18 heavy (non-hydrogen) atoms. The summed E-state index contributed by atoms with van der Waals surface area (Å²) in [5, 5.41) is 10.8. The van der Waals surface area contributed by atoms with E-state index in [9.17, 15) is 14.9 Å². The Kier molecular flexibility index (Phi) is 4.86. The minimum absolute atomic E-state index is 0.0793. The molecule has 0 aliphatic rings. The Morgan fingerprint density at radius 1 is 1.44 bits per heavy atom. The Balaban J connectivity index is 3.16. The molecule has 0 bridgehead atoms. The zero-order valence-electron chi connectivity index (χ0n) is 10.1. The predicted molar refractivity (Wildman–Crippen MR) is 64.6 cm³/mol. The molecule has 96 valence electrons. The largest absolute Gasteiger partial charge is 0.496 e. The van der Waals surface area contributed by atoms with E-state index in [0.29, 0.717) is 11.3 Å². The predicted octanol–water partition coefficient (Wildman–Crippen LogP) is 1.88. The van der Waals surface area contributed by atoms with Crippen molar-refractivity contribution in [2.45, 2.75) is 6.92 Å². The van der Waals surface area contributed by atoms with Crippen molar-refractivity contribution in [1.29, 1.82) is 0 Å². The first-order chi connectivity index (χ1) is 8.60. The number of methoxy groups -OCH3 is 1. The van der Waals surface area contributed by atoms with Crippen LogP contribution in [0.4, 0.5) is 0 Å². The molecule has 1 aromatic rings. The summed E-state index contributed by atoms with van der Waals surface area (Å²) in [6, 6.07) is 6.68. The van der Waals surface area contributed by atoms with Crippen molar-refractivity contribution < 1.29 is 19.2 Å². The van der Waals surface area contributed by atoms with Gasteiger partial charge in [-0.15, -0.1) is 0 Å². The monoisotopic (exact) mass is 251 g/mol. The maximum atomic E-state index is 11.4. The first-order valence-electron chi connectivity index (χ1n) is 5.26. The van der Waals surface area contributed by atoms with Gasteiger partial charge in [0.1, 0.15) is 5.75 Å². The highest BCUT2D eigenvalue weighted by atomic mass is 16.6. The number of hydrogen-bond acceptors (Lipinski definition) is 5. The summed E-state index contributed by atoms with van der Waals surface area (Å²) in [4.78, 5) is 21.5. The maximum absolute atomic E-state index is 11.4. The zero-order chi connectivity index (χ0) is 13.5. The van der Waals surface area contributed by atoms with Gasteiger partial charge in [-0.2, -0.15) is 0 Å². The van der Waals surface area contributed by atoms with Crippen LogP contribution in [0, 0.1) is 10.1 Å². The van der Waals surface area contributed by atoms with Crippen LogP contribution in [0.2, 0.25) is 0 Å². The summed E-state index contributed by atoms with van der Waals surface area (Å²) in [5.74, 6) is -0.519. The minimum Gasteiger partial charge on any atom is -0.496 e. The lowest BCUT2D eigenvalue weighted by Crippen LogP contribution is -2.14. The van der Waals surface area contributed by atoms with E-state index in [1.54, 1.807) is 31.2 Å². The molecule has 0 fully saturated rings. The Labute approximate surface area is 104 Å². The average molecular weight is 251 g/mol. The first-order valence-corrected chi connectivity index (χ1v) is 5.26. The van der Waals surface area contributed by atoms with E-state index in [4.69, 9.17) is 4.74 Å². The molecule has 0 saturated carbocycles. The zero-order valence-corrected chi connectivity index (χ0v) is 10.1. The Hall–Kier alpha value is -2.37. The summed E-state index contributed by atoms with van der Waals surface area (Å²) in [7, 11) is 1.45. The van der Waals surface area contributed by atoms with E-state index in [1.165, 1.54) is 7.11 Å². The van der Waals surface area contributed by atoms with Gasteiger partial charge < -0.3 is 9.47 Å². The highest BCUT2D eigenvalue weighted by Gasteiger charge is 2.23. The molecule has 0 radical (unpaired) electrons. The quantitative estimate of drug-likeness (QED) is 0.345. The molecule has 0 amide bonds. The standard InChI is InChI=1S/C12H13NO5/c1-3-18-12(14)10(13(15)16)8-9-6-4-5-7-11(9)17-2/h4-8H,3H2,1-2H3. The van der Waals surface area contributed by atoms with Gasteiger partial charge >= 0.3 is 11.7 Å². The molecule has 1 rings (SSSR count). The van der Waals surface area contributed by atoms with Gasteiger partial charge in [0.2, 0.25) is 0 Å². The maximum Gasteiger partial charge on any atom is 0.409 e. The molecule has 0 spiro atoms. The van der Waals surface area contributed by atoms with Gasteiger partial charge in [-0.05, 0) is 13.0 Å². The third kappa shape index (κ3) is 3.31. The molecular formula is C12H13NO5. The second-order valence-corrected chi connectivity index (χ2v) is 3.25. The molecule has 0 unspecified atom stereocenters. The van der Waals surface area contributed by atoms with Crippen molar-refractivity contribution in [2.75, 3.05) is 13.7 Å². The summed E-state index contributed by atoms with van der Waals surface area (Å²) >= 11 is 0. The van der Waals surface area contributed by atoms with Crippen LogP contribution in [0.1, 0.15) is 12.5 Å². The van der Waals surface area contributed by atoms with Gasteiger partial charge in [-0.3, -0.25) is 10.1 Å². The lowest BCUT2D eigenvalue weighted by molar-refractivity contribution is -0.419. The van der Waals surface area contributed by atoms with Gasteiger partial charge in [0.15, 0.2) is 0 Å². The number of carbonyl (C=O) groups is 1. The smallest absolute Gasteiger partial charge is 0.409 e. The average Bonchev–Trinajstić information content (AvgIpc) is 2.36. The van der Waals surface area contributed by atoms with E-state index in [2.05, 4.69) is 4.74 Å². The van der Waals surface area contributed by atoms with Crippen molar-refractivity contribution in [3.63, 3.8) is 0 Å². The molecule has 0 aromatic heterocycles. The van der Waals surface area contributed by atoms with Crippen LogP contribution < -0.4 is 4.74 Å². The van der Waals surface area contributed by atoms with Crippen molar-refractivity contribution in [3.8, 4) is 5.75 Å². The number of nitrogens with zero attached hydrogens (tertiary/aromatic N) is 1. The molecule has 0 heterocycles.